The SMILES string of the molecule is CCOc1ccc(-c2nc(-c3ccc(-c4csc(C5CC5)n4)cc3)no2)cc1. The molecule has 2 aromatic carbocycles. The molecular weight excluding hydrogens is 370 g/mol. The van der Waals surface area contributed by atoms with E-state index in [4.69, 9.17) is 14.2 Å². The quantitative estimate of drug-likeness (QED) is 0.417. The van der Waals surface area contributed by atoms with Gasteiger partial charge in [-0.2, -0.15) is 4.98 Å². The third-order valence-electron chi connectivity index (χ3n) is 4.73. The predicted octanol–water partition coefficient (Wildman–Crippen LogP) is 5.80. The zero-order chi connectivity index (χ0) is 18.9. The predicted molar refractivity (Wildman–Crippen MR) is 109 cm³/mol. The normalized spacial score (nSPS) is 13.6. The number of benzene rings is 2. The van der Waals surface area contributed by atoms with Crippen LogP contribution in [0.25, 0.3) is 34.1 Å². The molecule has 0 bridgehead atoms. The van der Waals surface area contributed by atoms with Crippen molar-refractivity contribution >= 4 is 11.3 Å². The minimum absolute atomic E-state index is 0.496. The summed E-state index contributed by atoms with van der Waals surface area (Å²) in [5, 5.41) is 7.53. The van der Waals surface area contributed by atoms with E-state index in [9.17, 15) is 0 Å². The summed E-state index contributed by atoms with van der Waals surface area (Å²) in [4.78, 5) is 9.30. The van der Waals surface area contributed by atoms with Gasteiger partial charge in [0.15, 0.2) is 0 Å². The highest BCUT2D eigenvalue weighted by Crippen LogP contribution is 2.42. The van der Waals surface area contributed by atoms with Crippen molar-refractivity contribution in [2.75, 3.05) is 6.61 Å². The van der Waals surface area contributed by atoms with E-state index in [1.54, 1.807) is 11.3 Å². The van der Waals surface area contributed by atoms with Gasteiger partial charge in [0.25, 0.3) is 5.89 Å². The van der Waals surface area contributed by atoms with Crippen molar-refractivity contribution in [1.29, 1.82) is 0 Å². The largest absolute Gasteiger partial charge is 0.494 e. The maximum absolute atomic E-state index is 5.47. The summed E-state index contributed by atoms with van der Waals surface area (Å²) < 4.78 is 10.9. The number of thiazole rings is 1. The molecule has 6 heteroatoms. The molecule has 4 aromatic rings. The van der Waals surface area contributed by atoms with Gasteiger partial charge in [-0.1, -0.05) is 29.4 Å². The Morgan fingerprint density at radius 2 is 1.68 bits per heavy atom. The first-order valence-electron chi connectivity index (χ1n) is 9.43. The van der Waals surface area contributed by atoms with Crippen LogP contribution in [0.1, 0.15) is 30.7 Å². The standard InChI is InChI=1S/C22H19N3O2S/c1-2-26-18-11-9-16(10-12-18)21-24-20(25-27-21)15-5-3-14(4-6-15)19-13-28-22(23-19)17-7-8-17/h3-6,9-13,17H,2,7-8H2,1H3. The molecule has 2 heterocycles. The second kappa shape index (κ2) is 7.20. The van der Waals surface area contributed by atoms with Gasteiger partial charge in [0.1, 0.15) is 5.75 Å². The summed E-state index contributed by atoms with van der Waals surface area (Å²) in [6.45, 7) is 2.60. The third kappa shape index (κ3) is 3.43. The van der Waals surface area contributed by atoms with Crippen molar-refractivity contribution in [1.82, 2.24) is 15.1 Å². The minimum atomic E-state index is 0.496. The second-order valence-electron chi connectivity index (χ2n) is 6.80. The van der Waals surface area contributed by atoms with Gasteiger partial charge in [-0.3, -0.25) is 0 Å². The van der Waals surface area contributed by atoms with Crippen molar-refractivity contribution in [3.05, 3.63) is 58.9 Å². The first-order chi connectivity index (χ1) is 13.8. The van der Waals surface area contributed by atoms with Gasteiger partial charge in [-0.15, -0.1) is 11.3 Å². The third-order valence-corrected chi connectivity index (χ3v) is 5.73. The van der Waals surface area contributed by atoms with Gasteiger partial charge in [0.05, 0.1) is 17.3 Å². The van der Waals surface area contributed by atoms with Crippen molar-refractivity contribution in [2.45, 2.75) is 25.7 Å². The summed E-state index contributed by atoms with van der Waals surface area (Å²) in [6, 6.07) is 15.8. The van der Waals surface area contributed by atoms with E-state index in [-0.39, 0.29) is 0 Å². The van der Waals surface area contributed by atoms with E-state index in [0.717, 1.165) is 28.1 Å². The van der Waals surface area contributed by atoms with Gasteiger partial charge in [0.2, 0.25) is 5.82 Å². The Balaban J connectivity index is 1.34. The fraction of sp³-hybridized carbons (Fsp3) is 0.227. The van der Waals surface area contributed by atoms with Crippen LogP contribution in [0.3, 0.4) is 0 Å². The first kappa shape index (κ1) is 17.1. The smallest absolute Gasteiger partial charge is 0.258 e. The van der Waals surface area contributed by atoms with Crippen LogP contribution in [-0.2, 0) is 0 Å². The Morgan fingerprint density at radius 1 is 0.964 bits per heavy atom. The summed E-state index contributed by atoms with van der Waals surface area (Å²) in [5.74, 6) is 2.59. The van der Waals surface area contributed by atoms with Crippen molar-refractivity contribution in [2.24, 2.45) is 0 Å². The highest BCUT2D eigenvalue weighted by Gasteiger charge is 2.26. The maximum atomic E-state index is 5.47. The van der Waals surface area contributed by atoms with Crippen LogP contribution >= 0.6 is 11.3 Å². The average Bonchev–Trinajstić information content (AvgIpc) is 3.27. The molecule has 2 aromatic heterocycles. The number of nitrogens with zero attached hydrogens (tertiary/aromatic N) is 3. The highest BCUT2D eigenvalue weighted by molar-refractivity contribution is 7.10. The molecule has 1 fully saturated rings. The fourth-order valence-electron chi connectivity index (χ4n) is 3.05. The molecule has 0 atom stereocenters. The van der Waals surface area contributed by atoms with Crippen molar-refractivity contribution in [3.63, 3.8) is 0 Å². The van der Waals surface area contributed by atoms with E-state index in [0.29, 0.717) is 24.2 Å². The number of hydrogen-bond acceptors (Lipinski definition) is 6. The second-order valence-corrected chi connectivity index (χ2v) is 7.69. The minimum Gasteiger partial charge on any atom is -0.494 e. The molecule has 1 aliphatic rings. The van der Waals surface area contributed by atoms with E-state index >= 15 is 0 Å². The first-order valence-corrected chi connectivity index (χ1v) is 10.3. The van der Waals surface area contributed by atoms with E-state index in [1.807, 2.05) is 43.3 Å². The number of hydrogen-bond donors (Lipinski definition) is 0. The molecule has 0 amide bonds. The average molecular weight is 389 g/mol. The monoisotopic (exact) mass is 389 g/mol. The molecule has 5 rings (SSSR count). The van der Waals surface area contributed by atoms with Crippen LogP contribution in [0.5, 0.6) is 5.75 Å². The van der Waals surface area contributed by atoms with Crippen LogP contribution in [0.2, 0.25) is 0 Å². The molecule has 0 saturated heterocycles. The summed E-state index contributed by atoms with van der Waals surface area (Å²) >= 11 is 1.76. The zero-order valence-electron chi connectivity index (χ0n) is 15.5. The molecule has 0 radical (unpaired) electrons. The maximum Gasteiger partial charge on any atom is 0.258 e. The van der Waals surface area contributed by atoms with Gasteiger partial charge in [0, 0.05) is 28.0 Å². The molecule has 1 saturated carbocycles. The Labute approximate surface area is 167 Å². The number of rotatable bonds is 6. The molecule has 1 aliphatic carbocycles. The zero-order valence-corrected chi connectivity index (χ0v) is 16.3. The van der Waals surface area contributed by atoms with E-state index in [1.165, 1.54) is 17.8 Å². The van der Waals surface area contributed by atoms with Crippen LogP contribution < -0.4 is 4.74 Å². The Hall–Kier alpha value is -2.99. The molecule has 0 N–H and O–H groups in total. The van der Waals surface area contributed by atoms with Crippen molar-refractivity contribution in [3.8, 4) is 39.8 Å². The lowest BCUT2D eigenvalue weighted by Crippen LogP contribution is -1.90. The molecule has 0 spiro atoms. The van der Waals surface area contributed by atoms with Gasteiger partial charge in [-0.05, 0) is 44.0 Å². The fourth-order valence-corrected chi connectivity index (χ4v) is 4.05. The molecule has 0 aliphatic heterocycles. The molecule has 28 heavy (non-hydrogen) atoms. The molecule has 0 unspecified atom stereocenters. The van der Waals surface area contributed by atoms with E-state index < -0.39 is 0 Å². The molecule has 5 nitrogen and oxygen atoms in total. The Bertz CT molecular complexity index is 1080. The van der Waals surface area contributed by atoms with Crippen LogP contribution in [-0.4, -0.2) is 21.7 Å². The lowest BCUT2D eigenvalue weighted by molar-refractivity contribution is 0.340. The van der Waals surface area contributed by atoms with Crippen molar-refractivity contribution < 1.29 is 9.26 Å². The lowest BCUT2D eigenvalue weighted by Gasteiger charge is -2.02. The lowest BCUT2D eigenvalue weighted by atomic mass is 10.1. The Kier molecular flexibility index (Phi) is 4.41. The summed E-state index contributed by atoms with van der Waals surface area (Å²) in [7, 11) is 0. The van der Waals surface area contributed by atoms with Crippen LogP contribution in [0.4, 0.5) is 0 Å². The van der Waals surface area contributed by atoms with Gasteiger partial charge >= 0.3 is 0 Å². The number of aromatic nitrogens is 3. The molecule has 140 valence electrons. The Morgan fingerprint density at radius 3 is 2.39 bits per heavy atom. The summed E-state index contributed by atoms with van der Waals surface area (Å²) in [5.41, 5.74) is 3.94. The summed E-state index contributed by atoms with van der Waals surface area (Å²) in [6.07, 6.45) is 2.56. The number of ether oxygens (including phenoxy) is 1. The topological polar surface area (TPSA) is 61.0 Å². The van der Waals surface area contributed by atoms with E-state index in [2.05, 4.69) is 27.7 Å². The van der Waals surface area contributed by atoms with Gasteiger partial charge in [-0.25, -0.2) is 4.98 Å². The van der Waals surface area contributed by atoms with Crippen LogP contribution in [0.15, 0.2) is 58.4 Å². The van der Waals surface area contributed by atoms with Crippen LogP contribution in [0, 0.1) is 0 Å². The van der Waals surface area contributed by atoms with Gasteiger partial charge < -0.3 is 9.26 Å². The highest BCUT2D eigenvalue weighted by atomic mass is 32.1. The molecular formula is C22H19N3O2S.